The van der Waals surface area contributed by atoms with Crippen molar-refractivity contribution in [2.24, 2.45) is 5.84 Å². The van der Waals surface area contributed by atoms with Crippen LogP contribution in [0.4, 0.5) is 4.79 Å². The van der Waals surface area contributed by atoms with Crippen LogP contribution >= 0.6 is 0 Å². The maximum Gasteiger partial charge on any atom is 0.407 e. The summed E-state index contributed by atoms with van der Waals surface area (Å²) in [6.45, 7) is 3.42. The van der Waals surface area contributed by atoms with Gasteiger partial charge in [-0.25, -0.2) is 10.6 Å². The van der Waals surface area contributed by atoms with E-state index in [4.69, 9.17) is 10.6 Å². The van der Waals surface area contributed by atoms with Gasteiger partial charge in [0.05, 0.1) is 33.8 Å². The molecule has 2 amide bonds. The number of alkyl carbamates (subject to hydrolysis) is 1. The van der Waals surface area contributed by atoms with Crippen LogP contribution in [0.2, 0.25) is 0 Å². The smallest absolute Gasteiger partial charge is 0.407 e. The second-order valence-electron chi connectivity index (χ2n) is 4.03. The Morgan fingerprint density at radius 1 is 1.38 bits per heavy atom. The van der Waals surface area contributed by atoms with Gasteiger partial charge in [-0.05, 0) is 6.92 Å². The van der Waals surface area contributed by atoms with Crippen molar-refractivity contribution in [1.29, 1.82) is 0 Å². The number of quaternary nitrogens is 1. The highest BCUT2D eigenvalue weighted by Crippen LogP contribution is 1.94. The minimum Gasteiger partial charge on any atom is -0.450 e. The van der Waals surface area contributed by atoms with E-state index in [1.165, 1.54) is 0 Å². The quantitative estimate of drug-likeness (QED) is 0.232. The van der Waals surface area contributed by atoms with E-state index in [0.29, 0.717) is 24.2 Å². The van der Waals surface area contributed by atoms with Crippen molar-refractivity contribution in [2.75, 3.05) is 40.3 Å². The Labute approximate surface area is 95.5 Å². The third-order valence-corrected chi connectivity index (χ3v) is 1.99. The van der Waals surface area contributed by atoms with E-state index in [1.807, 2.05) is 14.1 Å². The van der Waals surface area contributed by atoms with Gasteiger partial charge in [0.2, 0.25) is 0 Å². The minimum absolute atomic E-state index is 0.235. The molecule has 94 valence electrons. The maximum absolute atomic E-state index is 11.1. The summed E-state index contributed by atoms with van der Waals surface area (Å²) in [5, 5.41) is 2.59. The average Bonchev–Trinajstić information content (AvgIpc) is 2.16. The number of nitrogens with one attached hydrogen (secondary N) is 2. The molecule has 0 spiro atoms. The molecule has 0 atom stereocenters. The molecule has 16 heavy (non-hydrogen) atoms. The summed E-state index contributed by atoms with van der Waals surface area (Å²) in [5.41, 5.74) is 2.07. The Kier molecular flexibility index (Phi) is 6.43. The third-order valence-electron chi connectivity index (χ3n) is 1.99. The molecule has 0 aliphatic rings. The molecule has 0 aliphatic heterocycles. The summed E-state index contributed by atoms with van der Waals surface area (Å²) in [5.74, 6) is 4.76. The number of hydrogen-bond donors (Lipinski definition) is 3. The van der Waals surface area contributed by atoms with Gasteiger partial charge in [-0.15, -0.1) is 0 Å². The Morgan fingerprint density at radius 3 is 2.50 bits per heavy atom. The topological polar surface area (TPSA) is 93.4 Å². The molecule has 0 saturated carbocycles. The predicted octanol–water partition coefficient (Wildman–Crippen LogP) is -1.20. The van der Waals surface area contributed by atoms with Gasteiger partial charge >= 0.3 is 6.09 Å². The van der Waals surface area contributed by atoms with Crippen molar-refractivity contribution in [2.45, 2.75) is 6.92 Å². The zero-order valence-electron chi connectivity index (χ0n) is 10.1. The zero-order chi connectivity index (χ0) is 12.6. The van der Waals surface area contributed by atoms with Crippen LogP contribution < -0.4 is 16.6 Å². The fraction of sp³-hybridized carbons (Fsp3) is 0.778. The molecule has 7 heteroatoms. The van der Waals surface area contributed by atoms with Gasteiger partial charge in [0.1, 0.15) is 0 Å². The Balaban J connectivity index is 3.81. The second kappa shape index (κ2) is 7.02. The van der Waals surface area contributed by atoms with Gasteiger partial charge in [0.25, 0.3) is 5.91 Å². The molecule has 0 radical (unpaired) electrons. The molecule has 0 aliphatic carbocycles. The van der Waals surface area contributed by atoms with E-state index in [1.54, 1.807) is 6.92 Å². The summed E-state index contributed by atoms with van der Waals surface area (Å²) >= 11 is 0. The molecule has 0 rings (SSSR count). The minimum atomic E-state index is -0.439. The van der Waals surface area contributed by atoms with Crippen LogP contribution in [-0.2, 0) is 9.53 Å². The van der Waals surface area contributed by atoms with Crippen molar-refractivity contribution in [1.82, 2.24) is 10.7 Å². The average molecular weight is 233 g/mol. The lowest BCUT2D eigenvalue weighted by molar-refractivity contribution is -0.881. The highest BCUT2D eigenvalue weighted by molar-refractivity contribution is 5.76. The summed E-state index contributed by atoms with van der Waals surface area (Å²) in [7, 11) is 3.75. The van der Waals surface area contributed by atoms with E-state index >= 15 is 0 Å². The van der Waals surface area contributed by atoms with Gasteiger partial charge in [0, 0.05) is 0 Å². The van der Waals surface area contributed by atoms with Crippen LogP contribution in [0.1, 0.15) is 6.92 Å². The largest absolute Gasteiger partial charge is 0.450 e. The molecular formula is C9H21N4O3+. The first-order valence-electron chi connectivity index (χ1n) is 5.13. The van der Waals surface area contributed by atoms with E-state index in [-0.39, 0.29) is 12.5 Å². The summed E-state index contributed by atoms with van der Waals surface area (Å²) in [6.07, 6.45) is -0.439. The number of rotatable bonds is 6. The molecule has 0 bridgehead atoms. The van der Waals surface area contributed by atoms with Crippen molar-refractivity contribution < 1.29 is 18.8 Å². The number of amides is 2. The summed E-state index contributed by atoms with van der Waals surface area (Å²) in [4.78, 5) is 22.0. The lowest BCUT2D eigenvalue weighted by Crippen LogP contribution is -2.51. The second-order valence-corrected chi connectivity index (χ2v) is 4.03. The number of hydrazine groups is 1. The van der Waals surface area contributed by atoms with E-state index in [0.717, 1.165) is 0 Å². The van der Waals surface area contributed by atoms with Gasteiger partial charge < -0.3 is 14.5 Å². The van der Waals surface area contributed by atoms with E-state index in [9.17, 15) is 9.59 Å². The fourth-order valence-electron chi connectivity index (χ4n) is 1.16. The van der Waals surface area contributed by atoms with Gasteiger partial charge in [0.15, 0.2) is 6.54 Å². The first kappa shape index (κ1) is 14.7. The first-order chi connectivity index (χ1) is 7.41. The van der Waals surface area contributed by atoms with Crippen molar-refractivity contribution >= 4 is 12.0 Å². The number of hydrogen-bond acceptors (Lipinski definition) is 4. The molecule has 7 nitrogen and oxygen atoms in total. The molecule has 0 aromatic heterocycles. The normalized spacial score (nSPS) is 10.8. The third kappa shape index (κ3) is 7.02. The fourth-order valence-corrected chi connectivity index (χ4v) is 1.16. The van der Waals surface area contributed by atoms with Crippen molar-refractivity contribution in [3.63, 3.8) is 0 Å². The molecular weight excluding hydrogens is 212 g/mol. The number of carbonyl (C=O) groups is 2. The number of carbonyl (C=O) groups excluding carboxylic acids is 2. The lowest BCUT2D eigenvalue weighted by atomic mass is 10.4. The van der Waals surface area contributed by atoms with Crippen LogP contribution in [0.25, 0.3) is 0 Å². The van der Waals surface area contributed by atoms with Crippen molar-refractivity contribution in [3.8, 4) is 0 Å². The molecule has 0 fully saturated rings. The van der Waals surface area contributed by atoms with E-state index < -0.39 is 6.09 Å². The van der Waals surface area contributed by atoms with Crippen LogP contribution in [0.15, 0.2) is 0 Å². The standard InChI is InChI=1S/C9H20N4O3/c1-4-16-9(15)11-5-6-13(2,3)7-8(14)12-10/h4-7,10H2,1-3H3,(H-,11,12,14,15)/p+1. The molecule has 0 heterocycles. The van der Waals surface area contributed by atoms with Crippen LogP contribution in [0.3, 0.4) is 0 Å². The summed E-state index contributed by atoms with van der Waals surface area (Å²) < 4.78 is 5.14. The Hall–Kier alpha value is -1.34. The highest BCUT2D eigenvalue weighted by Gasteiger charge is 2.19. The van der Waals surface area contributed by atoms with Crippen LogP contribution in [0, 0.1) is 0 Å². The van der Waals surface area contributed by atoms with Gasteiger partial charge in [-0.3, -0.25) is 10.2 Å². The van der Waals surface area contributed by atoms with Crippen LogP contribution in [0.5, 0.6) is 0 Å². The number of likely N-dealkylation sites (N-methyl/N-ethyl adjacent to an activating group) is 1. The number of ether oxygens (including phenoxy) is 1. The molecule has 0 saturated heterocycles. The SMILES string of the molecule is CCOC(=O)NCC[N+](C)(C)CC(=O)NN. The lowest BCUT2D eigenvalue weighted by Gasteiger charge is -2.28. The summed E-state index contributed by atoms with van der Waals surface area (Å²) in [6, 6.07) is 0. The molecule has 0 aromatic rings. The van der Waals surface area contributed by atoms with Crippen molar-refractivity contribution in [3.05, 3.63) is 0 Å². The molecule has 0 unspecified atom stereocenters. The molecule has 4 N–H and O–H groups in total. The first-order valence-corrected chi connectivity index (χ1v) is 5.13. The number of nitrogens with zero attached hydrogens (tertiary/aromatic N) is 1. The Morgan fingerprint density at radius 2 is 2.00 bits per heavy atom. The Bertz CT molecular complexity index is 243. The molecule has 0 aromatic carbocycles. The van der Waals surface area contributed by atoms with Gasteiger partial charge in [-0.2, -0.15) is 0 Å². The number of nitrogens with two attached hydrogens (primary N) is 1. The maximum atomic E-state index is 11.1. The highest BCUT2D eigenvalue weighted by atomic mass is 16.5. The monoisotopic (exact) mass is 233 g/mol. The van der Waals surface area contributed by atoms with Crippen LogP contribution in [-0.4, -0.2) is 56.8 Å². The van der Waals surface area contributed by atoms with E-state index in [2.05, 4.69) is 10.7 Å². The van der Waals surface area contributed by atoms with Gasteiger partial charge in [-0.1, -0.05) is 0 Å². The zero-order valence-corrected chi connectivity index (χ0v) is 10.1. The predicted molar refractivity (Wildman–Crippen MR) is 59.2 cm³/mol.